The first-order valence-corrected chi connectivity index (χ1v) is 6.36. The molecule has 0 amide bonds. The van der Waals surface area contributed by atoms with Gasteiger partial charge in [-0.2, -0.15) is 5.10 Å². The second-order valence-corrected chi connectivity index (χ2v) is 4.60. The van der Waals surface area contributed by atoms with Crippen LogP contribution in [-0.2, 0) is 19.9 Å². The van der Waals surface area contributed by atoms with Crippen LogP contribution in [0.2, 0.25) is 5.02 Å². The predicted octanol–water partition coefficient (Wildman–Crippen LogP) is 2.42. The first kappa shape index (κ1) is 13.5. The molecule has 0 aliphatic heterocycles. The van der Waals surface area contributed by atoms with Crippen molar-refractivity contribution in [1.82, 2.24) is 15.1 Å². The number of aryl methyl sites for hydroxylation is 2. The molecule has 0 saturated heterocycles. The van der Waals surface area contributed by atoms with Gasteiger partial charge in [-0.15, -0.1) is 0 Å². The molecule has 92 valence electrons. The zero-order chi connectivity index (χ0) is 12.1. The fourth-order valence-electron chi connectivity index (χ4n) is 1.96. The zero-order valence-corrected chi connectivity index (χ0v) is 11.4. The van der Waals surface area contributed by atoms with E-state index in [1.165, 1.54) is 5.69 Å². The molecule has 0 fully saturated rings. The fourth-order valence-corrected chi connectivity index (χ4v) is 2.34. The minimum Gasteiger partial charge on any atom is -0.319 e. The normalized spacial score (nSPS) is 13.1. The van der Waals surface area contributed by atoms with E-state index in [4.69, 9.17) is 11.6 Å². The Morgan fingerprint density at radius 3 is 2.56 bits per heavy atom. The quantitative estimate of drug-likeness (QED) is 0.832. The number of halogens is 1. The SMILES string of the molecule is CCc1nn(C)c(CC(CC)CNC)c1Cl. The van der Waals surface area contributed by atoms with Crippen LogP contribution < -0.4 is 5.32 Å². The molecule has 16 heavy (non-hydrogen) atoms. The second kappa shape index (κ2) is 6.26. The van der Waals surface area contributed by atoms with Crippen LogP contribution in [0.1, 0.15) is 31.7 Å². The van der Waals surface area contributed by atoms with Crippen molar-refractivity contribution in [2.75, 3.05) is 13.6 Å². The average molecular weight is 244 g/mol. The summed E-state index contributed by atoms with van der Waals surface area (Å²) in [7, 11) is 3.97. The molecule has 3 nitrogen and oxygen atoms in total. The minimum absolute atomic E-state index is 0.627. The molecular formula is C12H22ClN3. The monoisotopic (exact) mass is 243 g/mol. The first-order chi connectivity index (χ1) is 7.63. The van der Waals surface area contributed by atoms with Gasteiger partial charge in [0.05, 0.1) is 16.4 Å². The largest absolute Gasteiger partial charge is 0.319 e. The molecule has 0 bridgehead atoms. The molecule has 4 heteroatoms. The van der Waals surface area contributed by atoms with Gasteiger partial charge in [0.15, 0.2) is 0 Å². The van der Waals surface area contributed by atoms with Gasteiger partial charge in [-0.3, -0.25) is 4.68 Å². The van der Waals surface area contributed by atoms with Crippen molar-refractivity contribution in [2.45, 2.75) is 33.1 Å². The number of nitrogens with zero attached hydrogens (tertiary/aromatic N) is 2. The smallest absolute Gasteiger partial charge is 0.0849 e. The van der Waals surface area contributed by atoms with Crippen molar-refractivity contribution in [3.63, 3.8) is 0 Å². The van der Waals surface area contributed by atoms with Crippen LogP contribution in [0.25, 0.3) is 0 Å². The van der Waals surface area contributed by atoms with E-state index in [2.05, 4.69) is 24.3 Å². The number of nitrogens with one attached hydrogen (secondary N) is 1. The number of hydrogen-bond donors (Lipinski definition) is 1. The highest BCUT2D eigenvalue weighted by Gasteiger charge is 2.16. The van der Waals surface area contributed by atoms with E-state index in [0.29, 0.717) is 5.92 Å². The lowest BCUT2D eigenvalue weighted by Crippen LogP contribution is -2.21. The summed E-state index contributed by atoms with van der Waals surface area (Å²) in [6.45, 7) is 5.33. The molecule has 0 aromatic carbocycles. The first-order valence-electron chi connectivity index (χ1n) is 5.98. The number of aromatic nitrogens is 2. The van der Waals surface area contributed by atoms with E-state index in [1.807, 2.05) is 18.8 Å². The van der Waals surface area contributed by atoms with Crippen LogP contribution in [0, 0.1) is 5.92 Å². The Morgan fingerprint density at radius 1 is 1.44 bits per heavy atom. The van der Waals surface area contributed by atoms with Crippen LogP contribution in [0.15, 0.2) is 0 Å². The fraction of sp³-hybridized carbons (Fsp3) is 0.750. The average Bonchev–Trinajstić information content (AvgIpc) is 2.55. The molecule has 1 rings (SSSR count). The van der Waals surface area contributed by atoms with Gasteiger partial charge in [-0.05, 0) is 32.4 Å². The van der Waals surface area contributed by atoms with Crippen LogP contribution in [0.4, 0.5) is 0 Å². The number of rotatable bonds is 6. The highest BCUT2D eigenvalue weighted by Crippen LogP contribution is 2.24. The molecule has 0 aliphatic carbocycles. The molecule has 0 saturated carbocycles. The molecule has 1 unspecified atom stereocenters. The summed E-state index contributed by atoms with van der Waals surface area (Å²) in [5.41, 5.74) is 2.18. The van der Waals surface area contributed by atoms with Gasteiger partial charge in [-0.1, -0.05) is 31.9 Å². The summed E-state index contributed by atoms with van der Waals surface area (Å²) in [5, 5.41) is 8.53. The molecule has 0 spiro atoms. The van der Waals surface area contributed by atoms with E-state index in [9.17, 15) is 0 Å². The molecular weight excluding hydrogens is 222 g/mol. The lowest BCUT2D eigenvalue weighted by molar-refractivity contribution is 0.466. The second-order valence-electron chi connectivity index (χ2n) is 4.22. The molecule has 1 aromatic rings. The van der Waals surface area contributed by atoms with Crippen LogP contribution in [0.3, 0.4) is 0 Å². The molecule has 1 atom stereocenters. The van der Waals surface area contributed by atoms with Gasteiger partial charge in [0, 0.05) is 7.05 Å². The maximum atomic E-state index is 6.33. The summed E-state index contributed by atoms with van der Waals surface area (Å²) in [6, 6.07) is 0. The van der Waals surface area contributed by atoms with Gasteiger partial charge >= 0.3 is 0 Å². The summed E-state index contributed by atoms with van der Waals surface area (Å²) >= 11 is 6.33. The Kier molecular flexibility index (Phi) is 5.29. The van der Waals surface area contributed by atoms with Gasteiger partial charge in [0.25, 0.3) is 0 Å². The molecule has 1 aromatic heterocycles. The van der Waals surface area contributed by atoms with Crippen molar-refractivity contribution in [3.8, 4) is 0 Å². The predicted molar refractivity (Wildman–Crippen MR) is 69.0 cm³/mol. The highest BCUT2D eigenvalue weighted by molar-refractivity contribution is 6.31. The zero-order valence-electron chi connectivity index (χ0n) is 10.7. The van der Waals surface area contributed by atoms with Crippen LogP contribution in [0.5, 0.6) is 0 Å². The topological polar surface area (TPSA) is 29.9 Å². The van der Waals surface area contributed by atoms with Crippen molar-refractivity contribution >= 4 is 11.6 Å². The third-order valence-electron chi connectivity index (χ3n) is 3.06. The van der Waals surface area contributed by atoms with E-state index in [-0.39, 0.29) is 0 Å². The lowest BCUT2D eigenvalue weighted by Gasteiger charge is -2.14. The van der Waals surface area contributed by atoms with E-state index in [0.717, 1.165) is 36.5 Å². The van der Waals surface area contributed by atoms with E-state index >= 15 is 0 Å². The third kappa shape index (κ3) is 2.98. The molecule has 0 aliphatic rings. The van der Waals surface area contributed by atoms with Crippen molar-refractivity contribution in [1.29, 1.82) is 0 Å². The standard InChI is InChI=1S/C12H22ClN3/c1-5-9(8-14-3)7-11-12(13)10(6-2)15-16(11)4/h9,14H,5-8H2,1-4H3. The third-order valence-corrected chi connectivity index (χ3v) is 3.49. The molecule has 1 heterocycles. The summed E-state index contributed by atoms with van der Waals surface area (Å²) in [4.78, 5) is 0. The molecule has 0 radical (unpaired) electrons. The summed E-state index contributed by atoms with van der Waals surface area (Å²) in [5.74, 6) is 0.627. The van der Waals surface area contributed by atoms with Crippen molar-refractivity contribution in [2.24, 2.45) is 13.0 Å². The Morgan fingerprint density at radius 2 is 2.12 bits per heavy atom. The van der Waals surface area contributed by atoms with Gasteiger partial charge in [0.1, 0.15) is 0 Å². The Bertz CT molecular complexity index is 333. The van der Waals surface area contributed by atoms with Crippen molar-refractivity contribution in [3.05, 3.63) is 16.4 Å². The van der Waals surface area contributed by atoms with Gasteiger partial charge < -0.3 is 5.32 Å². The summed E-state index contributed by atoms with van der Waals surface area (Å²) < 4.78 is 1.93. The summed E-state index contributed by atoms with van der Waals surface area (Å²) in [6.07, 6.45) is 3.05. The van der Waals surface area contributed by atoms with Crippen LogP contribution in [-0.4, -0.2) is 23.4 Å². The van der Waals surface area contributed by atoms with Crippen LogP contribution >= 0.6 is 11.6 Å². The Labute approximate surface area is 103 Å². The van der Waals surface area contributed by atoms with Gasteiger partial charge in [-0.25, -0.2) is 0 Å². The minimum atomic E-state index is 0.627. The maximum Gasteiger partial charge on any atom is 0.0849 e. The van der Waals surface area contributed by atoms with E-state index in [1.54, 1.807) is 0 Å². The highest BCUT2D eigenvalue weighted by atomic mass is 35.5. The maximum absolute atomic E-state index is 6.33. The Hall–Kier alpha value is -0.540. The van der Waals surface area contributed by atoms with Gasteiger partial charge in [0.2, 0.25) is 0 Å². The van der Waals surface area contributed by atoms with E-state index < -0.39 is 0 Å². The lowest BCUT2D eigenvalue weighted by atomic mass is 10.00. The number of hydrogen-bond acceptors (Lipinski definition) is 2. The molecule has 1 N–H and O–H groups in total. The van der Waals surface area contributed by atoms with Crippen molar-refractivity contribution < 1.29 is 0 Å². The Balaban J connectivity index is 2.82.